The maximum atomic E-state index is 4.74. The molecule has 5 heteroatoms. The first-order chi connectivity index (χ1) is 7.92. The summed E-state index contributed by atoms with van der Waals surface area (Å²) in [7, 11) is 0. The van der Waals surface area contributed by atoms with Crippen LogP contribution in [0.5, 0.6) is 0 Å². The van der Waals surface area contributed by atoms with E-state index < -0.39 is 0 Å². The van der Waals surface area contributed by atoms with Crippen LogP contribution in [0, 0.1) is 0 Å². The van der Waals surface area contributed by atoms with Crippen molar-refractivity contribution in [3.8, 4) is 0 Å². The Labute approximate surface area is 95.4 Å². The van der Waals surface area contributed by atoms with Crippen molar-refractivity contribution in [1.82, 2.24) is 19.9 Å². The van der Waals surface area contributed by atoms with Gasteiger partial charge in [-0.05, 0) is 19.4 Å². The Balaban J connectivity index is 1.49. The molecule has 88 valence electrons. The molecule has 0 bridgehead atoms. The van der Waals surface area contributed by atoms with E-state index in [2.05, 4.69) is 19.9 Å². The van der Waals surface area contributed by atoms with Crippen molar-refractivity contribution in [2.75, 3.05) is 32.7 Å². The van der Waals surface area contributed by atoms with Crippen LogP contribution in [0.2, 0.25) is 0 Å². The highest BCUT2D eigenvalue weighted by atomic mass is 16.5. The molecule has 16 heavy (non-hydrogen) atoms. The molecule has 0 N–H and O–H groups in total. The molecule has 2 saturated heterocycles. The number of nitrogens with zero attached hydrogens (tertiary/aromatic N) is 4. The molecule has 1 atom stereocenters. The van der Waals surface area contributed by atoms with Gasteiger partial charge < -0.3 is 9.42 Å². The summed E-state index contributed by atoms with van der Waals surface area (Å²) in [5, 5.41) is 3.84. The van der Waals surface area contributed by atoms with Crippen LogP contribution >= 0.6 is 0 Å². The normalized spacial score (nSPS) is 27.1. The number of aromatic nitrogens is 2. The molecule has 2 fully saturated rings. The zero-order valence-corrected chi connectivity index (χ0v) is 9.51. The predicted molar refractivity (Wildman–Crippen MR) is 59.0 cm³/mol. The van der Waals surface area contributed by atoms with Gasteiger partial charge in [0.1, 0.15) is 0 Å². The van der Waals surface area contributed by atoms with Gasteiger partial charge in [0, 0.05) is 38.6 Å². The summed E-state index contributed by atoms with van der Waals surface area (Å²) >= 11 is 0. The zero-order chi connectivity index (χ0) is 10.8. The van der Waals surface area contributed by atoms with Crippen molar-refractivity contribution < 1.29 is 4.52 Å². The molecule has 1 aromatic heterocycles. The van der Waals surface area contributed by atoms with Gasteiger partial charge in [-0.3, -0.25) is 4.90 Å². The van der Waals surface area contributed by atoms with Crippen molar-refractivity contribution in [3.05, 3.63) is 12.2 Å². The lowest BCUT2D eigenvalue weighted by Gasteiger charge is -2.37. The Hall–Kier alpha value is -0.940. The van der Waals surface area contributed by atoms with Gasteiger partial charge in [-0.2, -0.15) is 4.98 Å². The molecule has 0 saturated carbocycles. The lowest BCUT2D eigenvalue weighted by Crippen LogP contribution is -2.50. The molecular weight excluding hydrogens is 204 g/mol. The van der Waals surface area contributed by atoms with Crippen LogP contribution in [0.25, 0.3) is 0 Å². The Morgan fingerprint density at radius 2 is 2.38 bits per heavy atom. The summed E-state index contributed by atoms with van der Waals surface area (Å²) in [6.07, 6.45) is 5.07. The molecule has 0 aromatic carbocycles. The van der Waals surface area contributed by atoms with E-state index in [0.717, 1.165) is 24.8 Å². The fraction of sp³-hybridized carbons (Fsp3) is 0.818. The topological polar surface area (TPSA) is 45.4 Å². The van der Waals surface area contributed by atoms with Crippen molar-refractivity contribution in [3.63, 3.8) is 0 Å². The maximum absolute atomic E-state index is 4.74. The van der Waals surface area contributed by atoms with Gasteiger partial charge in [-0.25, -0.2) is 0 Å². The monoisotopic (exact) mass is 222 g/mol. The van der Waals surface area contributed by atoms with Gasteiger partial charge in [0.15, 0.2) is 5.82 Å². The molecule has 0 radical (unpaired) electrons. The van der Waals surface area contributed by atoms with Crippen LogP contribution in [0.1, 0.15) is 18.7 Å². The summed E-state index contributed by atoms with van der Waals surface area (Å²) in [6.45, 7) is 6.01. The molecule has 1 unspecified atom stereocenters. The molecule has 3 heterocycles. The Morgan fingerprint density at radius 1 is 1.38 bits per heavy atom. The molecule has 5 nitrogen and oxygen atoms in total. The third kappa shape index (κ3) is 2.10. The van der Waals surface area contributed by atoms with Crippen LogP contribution < -0.4 is 0 Å². The number of rotatable bonds is 3. The first-order valence-electron chi connectivity index (χ1n) is 6.13. The van der Waals surface area contributed by atoms with Gasteiger partial charge in [0.25, 0.3) is 0 Å². The van der Waals surface area contributed by atoms with Gasteiger partial charge >= 0.3 is 0 Å². The van der Waals surface area contributed by atoms with Crippen molar-refractivity contribution >= 4 is 0 Å². The standard InChI is InChI=1S/C11H18N4O/c1-2-10-8-14(6-7-15(10)4-1)5-3-11-12-9-16-13-11/h9-10H,1-8H2. The minimum Gasteiger partial charge on any atom is -0.343 e. The van der Waals surface area contributed by atoms with Crippen molar-refractivity contribution in [2.24, 2.45) is 0 Å². The second-order valence-electron chi connectivity index (χ2n) is 4.73. The number of hydrogen-bond acceptors (Lipinski definition) is 5. The SMILES string of the molecule is c1nc(CCN2CCN3CCCC3C2)no1. The molecular formula is C11H18N4O. The van der Waals surface area contributed by atoms with E-state index in [0.29, 0.717) is 0 Å². The van der Waals surface area contributed by atoms with Gasteiger partial charge in [0.2, 0.25) is 6.39 Å². The number of fused-ring (bicyclic) bond motifs is 1. The lowest BCUT2D eigenvalue weighted by molar-refractivity contribution is 0.105. The molecule has 2 aliphatic heterocycles. The van der Waals surface area contributed by atoms with Crippen LogP contribution in [-0.4, -0.2) is 58.7 Å². The summed E-state index contributed by atoms with van der Waals surface area (Å²) in [4.78, 5) is 9.21. The van der Waals surface area contributed by atoms with Crippen LogP contribution in [0.3, 0.4) is 0 Å². The maximum Gasteiger partial charge on any atom is 0.213 e. The van der Waals surface area contributed by atoms with Crippen molar-refractivity contribution in [1.29, 1.82) is 0 Å². The first-order valence-corrected chi connectivity index (χ1v) is 6.13. The molecule has 1 aromatic rings. The highest BCUT2D eigenvalue weighted by Crippen LogP contribution is 2.21. The summed E-state index contributed by atoms with van der Waals surface area (Å²) < 4.78 is 4.74. The van der Waals surface area contributed by atoms with E-state index in [1.807, 2.05) is 0 Å². The molecule has 2 aliphatic rings. The lowest BCUT2D eigenvalue weighted by atomic mass is 10.1. The quantitative estimate of drug-likeness (QED) is 0.740. The smallest absolute Gasteiger partial charge is 0.213 e. The second kappa shape index (κ2) is 4.51. The van der Waals surface area contributed by atoms with E-state index in [1.165, 1.54) is 45.4 Å². The summed E-state index contributed by atoms with van der Waals surface area (Å²) in [5.74, 6) is 0.828. The van der Waals surface area contributed by atoms with Crippen LogP contribution in [0.15, 0.2) is 10.9 Å². The van der Waals surface area contributed by atoms with E-state index in [4.69, 9.17) is 4.52 Å². The molecule has 3 rings (SSSR count). The molecule has 0 spiro atoms. The first kappa shape index (κ1) is 10.2. The van der Waals surface area contributed by atoms with E-state index in [1.54, 1.807) is 0 Å². The fourth-order valence-corrected chi connectivity index (χ4v) is 2.82. The van der Waals surface area contributed by atoms with E-state index >= 15 is 0 Å². The largest absolute Gasteiger partial charge is 0.343 e. The van der Waals surface area contributed by atoms with E-state index in [-0.39, 0.29) is 0 Å². The average molecular weight is 222 g/mol. The molecule has 0 aliphatic carbocycles. The van der Waals surface area contributed by atoms with Gasteiger partial charge in [0.05, 0.1) is 0 Å². The third-order valence-electron chi connectivity index (χ3n) is 3.73. The predicted octanol–water partition coefficient (Wildman–Crippen LogP) is 0.392. The summed E-state index contributed by atoms with van der Waals surface area (Å²) in [6, 6.07) is 0.805. The average Bonchev–Trinajstić information content (AvgIpc) is 2.97. The Morgan fingerprint density at radius 3 is 3.25 bits per heavy atom. The highest BCUT2D eigenvalue weighted by molar-refractivity contribution is 4.88. The van der Waals surface area contributed by atoms with Crippen molar-refractivity contribution in [2.45, 2.75) is 25.3 Å². The van der Waals surface area contributed by atoms with Crippen LogP contribution in [0.4, 0.5) is 0 Å². The zero-order valence-electron chi connectivity index (χ0n) is 9.51. The van der Waals surface area contributed by atoms with E-state index in [9.17, 15) is 0 Å². The number of hydrogen-bond donors (Lipinski definition) is 0. The fourth-order valence-electron chi connectivity index (χ4n) is 2.82. The van der Waals surface area contributed by atoms with Gasteiger partial charge in [-0.15, -0.1) is 0 Å². The second-order valence-corrected chi connectivity index (χ2v) is 4.73. The Bertz CT molecular complexity index is 327. The van der Waals surface area contributed by atoms with Crippen LogP contribution in [-0.2, 0) is 6.42 Å². The third-order valence-corrected chi connectivity index (χ3v) is 3.73. The van der Waals surface area contributed by atoms with Gasteiger partial charge in [-0.1, -0.05) is 5.16 Å². The highest BCUT2D eigenvalue weighted by Gasteiger charge is 2.30. The minimum atomic E-state index is 0.805. The Kier molecular flexibility index (Phi) is 2.88. The summed E-state index contributed by atoms with van der Waals surface area (Å²) in [5.41, 5.74) is 0. The number of piperazine rings is 1. The molecule has 0 amide bonds. The minimum absolute atomic E-state index is 0.805.